The first-order valence-corrected chi connectivity index (χ1v) is 8.17. The van der Waals surface area contributed by atoms with E-state index in [4.69, 9.17) is 16.0 Å². The van der Waals surface area contributed by atoms with Crippen LogP contribution in [0, 0.1) is 6.92 Å². The van der Waals surface area contributed by atoms with Crippen molar-refractivity contribution in [3.8, 4) is 22.8 Å². The first-order chi connectivity index (χ1) is 12.2. The van der Waals surface area contributed by atoms with Gasteiger partial charge in [0.05, 0.1) is 5.56 Å². The number of aryl methyl sites for hydroxylation is 1. The molecule has 4 aromatic rings. The number of furan rings is 1. The van der Waals surface area contributed by atoms with Crippen molar-refractivity contribution < 1.29 is 4.42 Å². The lowest BCUT2D eigenvalue weighted by atomic mass is 10.1. The van der Waals surface area contributed by atoms with E-state index in [0.29, 0.717) is 11.6 Å². The minimum atomic E-state index is 0.146. The van der Waals surface area contributed by atoms with Crippen LogP contribution < -0.4 is 0 Å². The summed E-state index contributed by atoms with van der Waals surface area (Å²) >= 11 is 6.16. The Hall–Kier alpha value is -2.98. The Balaban J connectivity index is 1.95. The molecule has 122 valence electrons. The maximum atomic E-state index is 6.16. The number of aromatic nitrogens is 3. The number of fused-ring (bicyclic) bond motifs is 1. The smallest absolute Gasteiger partial charge is 0.226 e. The minimum Gasteiger partial charge on any atom is -0.456 e. The Bertz CT molecular complexity index is 1090. The fourth-order valence-corrected chi connectivity index (χ4v) is 2.98. The highest BCUT2D eigenvalue weighted by molar-refractivity contribution is 6.28. The highest BCUT2D eigenvalue weighted by Crippen LogP contribution is 2.33. The summed E-state index contributed by atoms with van der Waals surface area (Å²) < 4.78 is 5.96. The van der Waals surface area contributed by atoms with Crippen molar-refractivity contribution >= 4 is 28.6 Å². The molecular weight excluding hydrogens is 334 g/mol. The molecule has 4 rings (SSSR count). The predicted molar refractivity (Wildman–Crippen MR) is 100 cm³/mol. The van der Waals surface area contributed by atoms with Gasteiger partial charge in [-0.25, -0.2) is 4.98 Å². The van der Waals surface area contributed by atoms with Gasteiger partial charge in [-0.3, -0.25) is 0 Å². The van der Waals surface area contributed by atoms with Crippen molar-refractivity contribution in [1.29, 1.82) is 0 Å². The SMILES string of the molecule is C=Cc1oc2c(-c3nc(Cl)nc(-c4ccccc4)n3)cccc2c1C. The van der Waals surface area contributed by atoms with Crippen LogP contribution in [0.1, 0.15) is 11.3 Å². The van der Waals surface area contributed by atoms with Crippen LogP contribution in [0.5, 0.6) is 0 Å². The third kappa shape index (κ3) is 2.71. The van der Waals surface area contributed by atoms with Crippen LogP contribution >= 0.6 is 11.6 Å². The second-order valence-electron chi connectivity index (χ2n) is 5.60. The average Bonchev–Trinajstić information content (AvgIpc) is 2.98. The molecule has 0 bridgehead atoms. The number of halogens is 1. The Kier molecular flexibility index (Phi) is 3.82. The molecule has 0 unspecified atom stereocenters. The Morgan fingerprint density at radius 1 is 0.960 bits per heavy atom. The quantitative estimate of drug-likeness (QED) is 0.487. The molecule has 2 aromatic heterocycles. The average molecular weight is 348 g/mol. The van der Waals surface area contributed by atoms with Gasteiger partial charge in [0.1, 0.15) is 11.3 Å². The van der Waals surface area contributed by atoms with Crippen LogP contribution in [-0.2, 0) is 0 Å². The summed E-state index contributed by atoms with van der Waals surface area (Å²) in [4.78, 5) is 13.1. The van der Waals surface area contributed by atoms with Gasteiger partial charge in [0.2, 0.25) is 5.28 Å². The Labute approximate surface area is 149 Å². The number of benzene rings is 2. The normalized spacial score (nSPS) is 11.0. The van der Waals surface area contributed by atoms with Gasteiger partial charge in [0.25, 0.3) is 0 Å². The van der Waals surface area contributed by atoms with E-state index in [1.165, 1.54) is 0 Å². The van der Waals surface area contributed by atoms with E-state index < -0.39 is 0 Å². The lowest BCUT2D eigenvalue weighted by molar-refractivity contribution is 0.602. The van der Waals surface area contributed by atoms with Crippen LogP contribution in [0.4, 0.5) is 0 Å². The van der Waals surface area contributed by atoms with E-state index in [2.05, 4.69) is 21.5 Å². The predicted octanol–water partition coefficient (Wildman–Crippen LogP) is 5.56. The Morgan fingerprint density at radius 3 is 2.48 bits per heavy atom. The van der Waals surface area contributed by atoms with Gasteiger partial charge < -0.3 is 4.42 Å². The number of hydrogen-bond donors (Lipinski definition) is 0. The fraction of sp³-hybridized carbons (Fsp3) is 0.0500. The molecule has 0 aliphatic heterocycles. The molecule has 0 saturated heterocycles. The number of nitrogens with zero attached hydrogens (tertiary/aromatic N) is 3. The molecule has 0 fully saturated rings. The van der Waals surface area contributed by atoms with Crippen molar-refractivity contribution in [3.63, 3.8) is 0 Å². The first-order valence-electron chi connectivity index (χ1n) is 7.79. The molecule has 0 saturated carbocycles. The maximum absolute atomic E-state index is 6.16. The van der Waals surface area contributed by atoms with Crippen LogP contribution in [-0.4, -0.2) is 15.0 Å². The number of hydrogen-bond acceptors (Lipinski definition) is 4. The van der Waals surface area contributed by atoms with Gasteiger partial charge in [0.15, 0.2) is 11.6 Å². The van der Waals surface area contributed by atoms with Crippen molar-refractivity contribution in [2.75, 3.05) is 0 Å². The molecule has 0 spiro atoms. The molecule has 0 N–H and O–H groups in total. The lowest BCUT2D eigenvalue weighted by Gasteiger charge is -2.05. The number of para-hydroxylation sites is 1. The zero-order chi connectivity index (χ0) is 17.4. The zero-order valence-corrected chi connectivity index (χ0v) is 14.3. The second-order valence-corrected chi connectivity index (χ2v) is 5.93. The van der Waals surface area contributed by atoms with Crippen molar-refractivity contribution in [2.24, 2.45) is 0 Å². The van der Waals surface area contributed by atoms with E-state index in [1.807, 2.05) is 55.5 Å². The highest BCUT2D eigenvalue weighted by Gasteiger charge is 2.16. The summed E-state index contributed by atoms with van der Waals surface area (Å²) in [5.41, 5.74) is 3.41. The van der Waals surface area contributed by atoms with Gasteiger partial charge in [-0.1, -0.05) is 49.0 Å². The minimum absolute atomic E-state index is 0.146. The third-order valence-corrected chi connectivity index (χ3v) is 4.24. The van der Waals surface area contributed by atoms with E-state index in [0.717, 1.165) is 33.4 Å². The van der Waals surface area contributed by atoms with E-state index in [-0.39, 0.29) is 5.28 Å². The van der Waals surface area contributed by atoms with Gasteiger partial charge in [0, 0.05) is 16.5 Å². The Morgan fingerprint density at radius 2 is 1.72 bits per heavy atom. The van der Waals surface area contributed by atoms with Gasteiger partial charge in [-0.05, 0) is 30.7 Å². The topological polar surface area (TPSA) is 51.8 Å². The molecule has 0 aliphatic carbocycles. The molecule has 0 radical (unpaired) electrons. The summed E-state index contributed by atoms with van der Waals surface area (Å²) in [5.74, 6) is 1.75. The standard InChI is InChI=1S/C20H14ClN3O/c1-3-16-12(2)14-10-7-11-15(17(14)25-16)19-22-18(23-20(21)24-19)13-8-5-4-6-9-13/h3-11H,1H2,2H3. The fourth-order valence-electron chi connectivity index (χ4n) is 2.82. The van der Waals surface area contributed by atoms with Crippen LogP contribution in [0.25, 0.3) is 39.8 Å². The highest BCUT2D eigenvalue weighted by atomic mass is 35.5. The first kappa shape index (κ1) is 15.5. The zero-order valence-electron chi connectivity index (χ0n) is 13.5. The monoisotopic (exact) mass is 347 g/mol. The van der Waals surface area contributed by atoms with Crippen LogP contribution in [0.2, 0.25) is 5.28 Å². The van der Waals surface area contributed by atoms with Crippen molar-refractivity contribution in [1.82, 2.24) is 15.0 Å². The molecule has 2 aromatic carbocycles. The molecule has 0 atom stereocenters. The summed E-state index contributed by atoms with van der Waals surface area (Å²) in [7, 11) is 0. The molecule has 0 amide bonds. The van der Waals surface area contributed by atoms with Crippen molar-refractivity contribution in [3.05, 3.63) is 71.7 Å². The van der Waals surface area contributed by atoms with E-state index in [9.17, 15) is 0 Å². The molecular formula is C20H14ClN3O. The molecule has 25 heavy (non-hydrogen) atoms. The van der Waals surface area contributed by atoms with E-state index >= 15 is 0 Å². The second kappa shape index (κ2) is 6.15. The molecule has 2 heterocycles. The third-order valence-electron chi connectivity index (χ3n) is 4.07. The molecule has 5 heteroatoms. The number of rotatable bonds is 3. The summed E-state index contributed by atoms with van der Waals surface area (Å²) in [6, 6.07) is 15.5. The molecule has 0 aliphatic rings. The maximum Gasteiger partial charge on any atom is 0.226 e. The summed E-state index contributed by atoms with van der Waals surface area (Å²) in [6.07, 6.45) is 1.70. The van der Waals surface area contributed by atoms with E-state index in [1.54, 1.807) is 6.08 Å². The van der Waals surface area contributed by atoms with Gasteiger partial charge in [-0.15, -0.1) is 0 Å². The summed E-state index contributed by atoms with van der Waals surface area (Å²) in [5, 5.41) is 1.15. The van der Waals surface area contributed by atoms with Crippen molar-refractivity contribution in [2.45, 2.75) is 6.92 Å². The van der Waals surface area contributed by atoms with Gasteiger partial charge >= 0.3 is 0 Å². The molecule has 4 nitrogen and oxygen atoms in total. The lowest BCUT2D eigenvalue weighted by Crippen LogP contribution is -1.97. The summed E-state index contributed by atoms with van der Waals surface area (Å²) in [6.45, 7) is 5.80. The van der Waals surface area contributed by atoms with Gasteiger partial charge in [-0.2, -0.15) is 9.97 Å². The van der Waals surface area contributed by atoms with Crippen LogP contribution in [0.15, 0.2) is 59.5 Å². The van der Waals surface area contributed by atoms with Crippen LogP contribution in [0.3, 0.4) is 0 Å². The largest absolute Gasteiger partial charge is 0.456 e.